The van der Waals surface area contributed by atoms with Gasteiger partial charge in [0, 0.05) is 19.1 Å². The molecular weight excluding hydrogens is 226 g/mol. The maximum absolute atomic E-state index is 5.78. The lowest BCUT2D eigenvalue weighted by Gasteiger charge is -2.21. The van der Waals surface area contributed by atoms with Gasteiger partial charge in [-0.25, -0.2) is 9.97 Å². The summed E-state index contributed by atoms with van der Waals surface area (Å²) in [5.74, 6) is 0.595. The van der Waals surface area contributed by atoms with Crippen LogP contribution in [0.2, 0.25) is 5.15 Å². The number of aromatic nitrogens is 2. The zero-order valence-corrected chi connectivity index (χ0v) is 10.6. The SMILES string of the molecule is CC(C)N(C)CCNc1ncnc(Cl)c1N. The first-order valence-corrected chi connectivity index (χ1v) is 5.60. The Bertz CT molecular complexity index is 342. The van der Waals surface area contributed by atoms with Gasteiger partial charge in [0.25, 0.3) is 0 Å². The molecule has 0 aromatic carbocycles. The quantitative estimate of drug-likeness (QED) is 0.767. The fourth-order valence-corrected chi connectivity index (χ4v) is 1.26. The second-order valence-corrected chi connectivity index (χ2v) is 4.29. The molecule has 0 amide bonds. The molecule has 0 atom stereocenters. The Morgan fingerprint density at radius 2 is 2.19 bits per heavy atom. The number of nitrogen functional groups attached to an aromatic ring is 1. The second-order valence-electron chi connectivity index (χ2n) is 3.93. The molecule has 1 heterocycles. The van der Waals surface area contributed by atoms with E-state index in [1.165, 1.54) is 6.33 Å². The van der Waals surface area contributed by atoms with Crippen LogP contribution in [0, 0.1) is 0 Å². The van der Waals surface area contributed by atoms with Gasteiger partial charge in [0.2, 0.25) is 0 Å². The third-order valence-electron chi connectivity index (χ3n) is 2.47. The topological polar surface area (TPSA) is 67.1 Å². The van der Waals surface area contributed by atoms with Crippen molar-refractivity contribution in [2.45, 2.75) is 19.9 Å². The van der Waals surface area contributed by atoms with Crippen LogP contribution in [-0.2, 0) is 0 Å². The largest absolute Gasteiger partial charge is 0.393 e. The van der Waals surface area contributed by atoms with Gasteiger partial charge in [-0.1, -0.05) is 11.6 Å². The zero-order valence-electron chi connectivity index (χ0n) is 9.87. The Labute approximate surface area is 101 Å². The van der Waals surface area contributed by atoms with E-state index in [0.717, 1.165) is 13.1 Å². The molecule has 0 spiro atoms. The summed E-state index contributed by atoms with van der Waals surface area (Å²) in [5.41, 5.74) is 6.13. The van der Waals surface area contributed by atoms with E-state index in [2.05, 4.69) is 41.1 Å². The van der Waals surface area contributed by atoms with E-state index in [4.69, 9.17) is 17.3 Å². The average molecular weight is 244 g/mol. The maximum atomic E-state index is 5.78. The summed E-state index contributed by atoms with van der Waals surface area (Å²) in [6.45, 7) is 5.98. The summed E-state index contributed by atoms with van der Waals surface area (Å²) < 4.78 is 0. The second kappa shape index (κ2) is 5.86. The predicted octanol–water partition coefficient (Wildman–Crippen LogP) is 1.46. The van der Waals surface area contributed by atoms with Crippen LogP contribution in [0.5, 0.6) is 0 Å². The van der Waals surface area contributed by atoms with Crippen molar-refractivity contribution in [1.29, 1.82) is 0 Å². The molecule has 0 unspecified atom stereocenters. The zero-order chi connectivity index (χ0) is 12.1. The summed E-state index contributed by atoms with van der Waals surface area (Å²) >= 11 is 5.78. The fourth-order valence-electron chi connectivity index (χ4n) is 1.12. The molecule has 16 heavy (non-hydrogen) atoms. The van der Waals surface area contributed by atoms with E-state index >= 15 is 0 Å². The Morgan fingerprint density at radius 1 is 1.50 bits per heavy atom. The van der Waals surface area contributed by atoms with Crippen molar-refractivity contribution in [3.8, 4) is 0 Å². The highest BCUT2D eigenvalue weighted by Crippen LogP contribution is 2.21. The van der Waals surface area contributed by atoms with Crippen LogP contribution in [0.4, 0.5) is 11.5 Å². The van der Waals surface area contributed by atoms with Gasteiger partial charge >= 0.3 is 0 Å². The molecule has 1 aromatic heterocycles. The summed E-state index contributed by atoms with van der Waals surface area (Å²) in [5, 5.41) is 3.42. The van der Waals surface area contributed by atoms with Crippen molar-refractivity contribution in [3.63, 3.8) is 0 Å². The summed E-state index contributed by atoms with van der Waals surface area (Å²) in [6, 6.07) is 0.521. The Kier molecular flexibility index (Phi) is 4.76. The van der Waals surface area contributed by atoms with E-state index in [0.29, 0.717) is 17.5 Å². The minimum atomic E-state index is 0.287. The first-order valence-electron chi connectivity index (χ1n) is 5.22. The van der Waals surface area contributed by atoms with E-state index < -0.39 is 0 Å². The number of likely N-dealkylation sites (N-methyl/N-ethyl adjacent to an activating group) is 1. The smallest absolute Gasteiger partial charge is 0.157 e. The normalized spacial score (nSPS) is 11.1. The van der Waals surface area contributed by atoms with Gasteiger partial charge in [0.05, 0.1) is 0 Å². The lowest BCUT2D eigenvalue weighted by Crippen LogP contribution is -2.31. The lowest BCUT2D eigenvalue weighted by atomic mass is 10.3. The maximum Gasteiger partial charge on any atom is 0.157 e. The van der Waals surface area contributed by atoms with Crippen molar-refractivity contribution < 1.29 is 0 Å². The van der Waals surface area contributed by atoms with E-state index in [1.54, 1.807) is 0 Å². The average Bonchev–Trinajstić information content (AvgIpc) is 2.24. The van der Waals surface area contributed by atoms with Gasteiger partial charge in [0.15, 0.2) is 11.0 Å². The molecule has 90 valence electrons. The molecule has 1 rings (SSSR count). The van der Waals surface area contributed by atoms with Crippen LogP contribution >= 0.6 is 11.6 Å². The minimum Gasteiger partial charge on any atom is -0.393 e. The highest BCUT2D eigenvalue weighted by Gasteiger charge is 2.06. The monoisotopic (exact) mass is 243 g/mol. The Hall–Kier alpha value is -1.07. The molecular formula is C10H18ClN5. The van der Waals surface area contributed by atoms with Crippen molar-refractivity contribution in [1.82, 2.24) is 14.9 Å². The lowest BCUT2D eigenvalue weighted by molar-refractivity contribution is 0.284. The first kappa shape index (κ1) is 13.0. The molecule has 0 aliphatic rings. The number of hydrogen-bond acceptors (Lipinski definition) is 5. The summed E-state index contributed by atoms with van der Waals surface area (Å²) in [7, 11) is 2.07. The highest BCUT2D eigenvalue weighted by atomic mass is 35.5. The molecule has 1 aromatic rings. The molecule has 0 saturated heterocycles. The molecule has 5 nitrogen and oxygen atoms in total. The predicted molar refractivity (Wildman–Crippen MR) is 67.7 cm³/mol. The molecule has 6 heteroatoms. The molecule has 0 bridgehead atoms. The minimum absolute atomic E-state index is 0.287. The van der Waals surface area contributed by atoms with Gasteiger partial charge in [-0.15, -0.1) is 0 Å². The first-order chi connectivity index (χ1) is 7.52. The number of nitrogens with one attached hydrogen (secondary N) is 1. The number of anilines is 2. The Morgan fingerprint density at radius 3 is 2.81 bits per heavy atom. The van der Waals surface area contributed by atoms with E-state index in [1.807, 2.05) is 0 Å². The van der Waals surface area contributed by atoms with Gasteiger partial charge in [-0.3, -0.25) is 0 Å². The van der Waals surface area contributed by atoms with Crippen molar-refractivity contribution in [3.05, 3.63) is 11.5 Å². The number of rotatable bonds is 5. The van der Waals surface area contributed by atoms with Crippen molar-refractivity contribution in [2.24, 2.45) is 0 Å². The van der Waals surface area contributed by atoms with Gasteiger partial charge in [-0.2, -0.15) is 0 Å². The third kappa shape index (κ3) is 3.50. The molecule has 0 aliphatic heterocycles. The van der Waals surface area contributed by atoms with Crippen LogP contribution in [0.3, 0.4) is 0 Å². The Balaban J connectivity index is 2.46. The number of nitrogens with zero attached hydrogens (tertiary/aromatic N) is 3. The van der Waals surface area contributed by atoms with Crippen LogP contribution in [0.15, 0.2) is 6.33 Å². The number of nitrogens with two attached hydrogens (primary N) is 1. The van der Waals surface area contributed by atoms with Gasteiger partial charge in [0.1, 0.15) is 12.0 Å². The van der Waals surface area contributed by atoms with Crippen molar-refractivity contribution in [2.75, 3.05) is 31.2 Å². The summed E-state index contributed by atoms with van der Waals surface area (Å²) in [4.78, 5) is 10.0. The molecule has 0 radical (unpaired) electrons. The van der Waals surface area contributed by atoms with E-state index in [9.17, 15) is 0 Å². The molecule has 0 saturated carbocycles. The molecule has 0 fully saturated rings. The van der Waals surface area contributed by atoms with Crippen LogP contribution in [-0.4, -0.2) is 41.0 Å². The summed E-state index contributed by atoms with van der Waals surface area (Å²) in [6.07, 6.45) is 1.40. The molecule has 3 N–H and O–H groups in total. The number of halogens is 1. The highest BCUT2D eigenvalue weighted by molar-refractivity contribution is 6.32. The van der Waals surface area contributed by atoms with Crippen LogP contribution in [0.25, 0.3) is 0 Å². The third-order valence-corrected chi connectivity index (χ3v) is 2.77. The van der Waals surface area contributed by atoms with E-state index in [-0.39, 0.29) is 5.15 Å². The standard InChI is InChI=1S/C10H18ClN5/c1-7(2)16(3)5-4-13-10-8(12)9(11)14-6-15-10/h6-7H,4-5,12H2,1-3H3,(H,13,14,15). The van der Waals surface area contributed by atoms with Gasteiger partial charge in [-0.05, 0) is 20.9 Å². The fraction of sp³-hybridized carbons (Fsp3) is 0.600. The molecule has 0 aliphatic carbocycles. The van der Waals surface area contributed by atoms with Crippen LogP contribution in [0.1, 0.15) is 13.8 Å². The number of hydrogen-bond donors (Lipinski definition) is 2. The van der Waals surface area contributed by atoms with Crippen molar-refractivity contribution >= 4 is 23.1 Å². The van der Waals surface area contributed by atoms with Crippen LogP contribution < -0.4 is 11.1 Å². The van der Waals surface area contributed by atoms with Gasteiger partial charge < -0.3 is 16.0 Å².